The minimum atomic E-state index is -0.168. The molecule has 6 nitrogen and oxygen atoms in total. The summed E-state index contributed by atoms with van der Waals surface area (Å²) in [6.07, 6.45) is 2.48. The lowest BCUT2D eigenvalue weighted by atomic mass is 10.1. The Labute approximate surface area is 124 Å². The van der Waals surface area contributed by atoms with Crippen LogP contribution in [0.3, 0.4) is 0 Å². The number of imidazole rings is 1. The van der Waals surface area contributed by atoms with Crippen molar-refractivity contribution in [2.24, 2.45) is 5.73 Å². The van der Waals surface area contributed by atoms with Crippen molar-refractivity contribution < 1.29 is 14.2 Å². The number of nitrogens with one attached hydrogen (secondary N) is 1. The first kappa shape index (κ1) is 15.3. The molecule has 1 aromatic heterocycles. The molecule has 114 valence electrons. The number of nitrogens with two attached hydrogens (primary N) is 1. The van der Waals surface area contributed by atoms with Gasteiger partial charge >= 0.3 is 0 Å². The van der Waals surface area contributed by atoms with E-state index in [9.17, 15) is 0 Å². The monoisotopic (exact) mass is 291 g/mol. The molecule has 0 aliphatic heterocycles. The maximum Gasteiger partial charge on any atom is 0.161 e. The zero-order valence-corrected chi connectivity index (χ0v) is 12.6. The summed E-state index contributed by atoms with van der Waals surface area (Å²) in [6.45, 7) is 0.605. The summed E-state index contributed by atoms with van der Waals surface area (Å²) in [5.41, 5.74) is 7.91. The second-order valence-electron chi connectivity index (χ2n) is 4.64. The van der Waals surface area contributed by atoms with Crippen molar-refractivity contribution in [1.82, 2.24) is 9.97 Å². The van der Waals surface area contributed by atoms with Gasteiger partial charge in [0, 0.05) is 19.3 Å². The van der Waals surface area contributed by atoms with E-state index >= 15 is 0 Å². The lowest BCUT2D eigenvalue weighted by Gasteiger charge is -2.09. The largest absolute Gasteiger partial charge is 0.493 e. The smallest absolute Gasteiger partial charge is 0.161 e. The number of nitrogens with zero attached hydrogens (tertiary/aromatic N) is 1. The van der Waals surface area contributed by atoms with Gasteiger partial charge in [-0.15, -0.1) is 0 Å². The van der Waals surface area contributed by atoms with Crippen molar-refractivity contribution in [2.45, 2.75) is 12.5 Å². The van der Waals surface area contributed by atoms with E-state index in [1.165, 1.54) is 0 Å². The number of methoxy groups -OCH3 is 3. The average molecular weight is 291 g/mol. The van der Waals surface area contributed by atoms with E-state index in [0.717, 1.165) is 23.5 Å². The minimum absolute atomic E-state index is 0.168. The Morgan fingerprint density at radius 3 is 2.62 bits per heavy atom. The molecule has 0 radical (unpaired) electrons. The van der Waals surface area contributed by atoms with Gasteiger partial charge in [0.1, 0.15) is 5.82 Å². The summed E-state index contributed by atoms with van der Waals surface area (Å²) < 4.78 is 15.6. The molecule has 0 saturated heterocycles. The topological polar surface area (TPSA) is 82.4 Å². The van der Waals surface area contributed by atoms with Crippen molar-refractivity contribution in [1.29, 1.82) is 0 Å². The van der Waals surface area contributed by atoms with Gasteiger partial charge in [0.25, 0.3) is 0 Å². The number of rotatable bonds is 7. The number of aromatic amines is 1. The van der Waals surface area contributed by atoms with Gasteiger partial charge in [0.15, 0.2) is 11.5 Å². The first-order valence-electron chi connectivity index (χ1n) is 6.71. The molecule has 0 spiro atoms. The Bertz CT molecular complexity index is 583. The highest BCUT2D eigenvalue weighted by Crippen LogP contribution is 2.31. The molecule has 0 aliphatic rings. The van der Waals surface area contributed by atoms with Crippen LogP contribution in [0.4, 0.5) is 0 Å². The van der Waals surface area contributed by atoms with Crippen LogP contribution >= 0.6 is 0 Å². The van der Waals surface area contributed by atoms with E-state index in [1.54, 1.807) is 27.5 Å². The predicted octanol–water partition coefficient (Wildman–Crippen LogP) is 2.13. The van der Waals surface area contributed by atoms with Crippen molar-refractivity contribution >= 4 is 0 Å². The number of H-pyrrole nitrogens is 1. The maximum atomic E-state index is 6.06. The molecule has 2 aromatic rings. The number of ether oxygens (including phenoxy) is 3. The van der Waals surface area contributed by atoms with Crippen molar-refractivity contribution in [2.75, 3.05) is 27.9 Å². The van der Waals surface area contributed by atoms with Gasteiger partial charge in [-0.2, -0.15) is 0 Å². The van der Waals surface area contributed by atoms with Gasteiger partial charge < -0.3 is 24.9 Å². The van der Waals surface area contributed by atoms with Crippen LogP contribution in [0.15, 0.2) is 24.4 Å². The highest BCUT2D eigenvalue weighted by atomic mass is 16.5. The molecule has 0 bridgehead atoms. The Morgan fingerprint density at radius 1 is 1.19 bits per heavy atom. The first-order chi connectivity index (χ1) is 10.2. The van der Waals surface area contributed by atoms with Crippen molar-refractivity contribution in [3.05, 3.63) is 30.2 Å². The van der Waals surface area contributed by atoms with Crippen LogP contribution in [0.1, 0.15) is 18.3 Å². The molecule has 1 heterocycles. The van der Waals surface area contributed by atoms with Gasteiger partial charge in [-0.05, 0) is 24.6 Å². The molecule has 2 rings (SSSR count). The summed E-state index contributed by atoms with van der Waals surface area (Å²) in [4.78, 5) is 7.57. The minimum Gasteiger partial charge on any atom is -0.493 e. The second kappa shape index (κ2) is 7.10. The summed E-state index contributed by atoms with van der Waals surface area (Å²) in [7, 11) is 4.88. The van der Waals surface area contributed by atoms with Crippen LogP contribution in [0.2, 0.25) is 0 Å². The van der Waals surface area contributed by atoms with Crippen LogP contribution in [-0.2, 0) is 4.74 Å². The van der Waals surface area contributed by atoms with E-state index in [0.29, 0.717) is 18.1 Å². The third-order valence-corrected chi connectivity index (χ3v) is 3.27. The lowest BCUT2D eigenvalue weighted by Crippen LogP contribution is -2.14. The number of aromatic nitrogens is 2. The highest BCUT2D eigenvalue weighted by Gasteiger charge is 2.12. The second-order valence-corrected chi connectivity index (χ2v) is 4.64. The highest BCUT2D eigenvalue weighted by molar-refractivity contribution is 5.63. The molecule has 1 aromatic carbocycles. The first-order valence-corrected chi connectivity index (χ1v) is 6.71. The normalized spacial score (nSPS) is 12.2. The zero-order chi connectivity index (χ0) is 15.2. The number of benzene rings is 1. The van der Waals surface area contributed by atoms with Crippen LogP contribution in [0.25, 0.3) is 11.3 Å². The van der Waals surface area contributed by atoms with Gasteiger partial charge in [-0.3, -0.25) is 0 Å². The van der Waals surface area contributed by atoms with Crippen molar-refractivity contribution in [3.8, 4) is 22.8 Å². The number of hydrogen-bond donors (Lipinski definition) is 2. The van der Waals surface area contributed by atoms with Gasteiger partial charge in [-0.1, -0.05) is 0 Å². The van der Waals surface area contributed by atoms with E-state index in [2.05, 4.69) is 9.97 Å². The van der Waals surface area contributed by atoms with E-state index in [1.807, 2.05) is 18.2 Å². The van der Waals surface area contributed by atoms with Crippen LogP contribution < -0.4 is 15.2 Å². The van der Waals surface area contributed by atoms with E-state index in [4.69, 9.17) is 19.9 Å². The quantitative estimate of drug-likeness (QED) is 0.816. The maximum absolute atomic E-state index is 6.06. The van der Waals surface area contributed by atoms with Crippen LogP contribution in [-0.4, -0.2) is 37.9 Å². The van der Waals surface area contributed by atoms with Gasteiger partial charge in [0.2, 0.25) is 0 Å². The molecule has 0 aliphatic carbocycles. The Hall–Kier alpha value is -2.05. The standard InChI is InChI=1S/C15H21N3O3/c1-19-7-6-11(16)15-17-9-12(18-15)10-4-5-13(20-2)14(8-10)21-3/h4-5,8-9,11H,6-7,16H2,1-3H3,(H,17,18). The fraction of sp³-hybridized carbons (Fsp3) is 0.400. The third-order valence-electron chi connectivity index (χ3n) is 3.27. The fourth-order valence-electron chi connectivity index (χ4n) is 2.06. The molecule has 3 N–H and O–H groups in total. The molecule has 0 fully saturated rings. The molecule has 21 heavy (non-hydrogen) atoms. The van der Waals surface area contributed by atoms with Gasteiger partial charge in [0.05, 0.1) is 32.2 Å². The predicted molar refractivity (Wildman–Crippen MR) is 80.5 cm³/mol. The summed E-state index contributed by atoms with van der Waals surface area (Å²) in [6, 6.07) is 5.54. The van der Waals surface area contributed by atoms with E-state index < -0.39 is 0 Å². The Kier molecular flexibility index (Phi) is 5.19. The molecule has 1 unspecified atom stereocenters. The van der Waals surface area contributed by atoms with E-state index in [-0.39, 0.29) is 6.04 Å². The summed E-state index contributed by atoms with van der Waals surface area (Å²) >= 11 is 0. The molecule has 6 heteroatoms. The summed E-state index contributed by atoms with van der Waals surface area (Å²) in [5.74, 6) is 2.12. The van der Waals surface area contributed by atoms with Gasteiger partial charge in [-0.25, -0.2) is 4.98 Å². The zero-order valence-electron chi connectivity index (χ0n) is 12.6. The molecule has 0 amide bonds. The SMILES string of the molecule is COCCC(N)c1ncc(-c2ccc(OC)c(OC)c2)[nH]1. The average Bonchev–Trinajstić information content (AvgIpc) is 3.01. The Morgan fingerprint density at radius 2 is 1.95 bits per heavy atom. The van der Waals surface area contributed by atoms with Crippen LogP contribution in [0.5, 0.6) is 11.5 Å². The van der Waals surface area contributed by atoms with Crippen LogP contribution in [0, 0.1) is 0 Å². The molecule has 0 saturated carbocycles. The lowest BCUT2D eigenvalue weighted by molar-refractivity contribution is 0.187. The molecular weight excluding hydrogens is 270 g/mol. The Balaban J connectivity index is 2.21. The molecular formula is C15H21N3O3. The number of hydrogen-bond acceptors (Lipinski definition) is 5. The fourth-order valence-corrected chi connectivity index (χ4v) is 2.06. The van der Waals surface area contributed by atoms with Crippen molar-refractivity contribution in [3.63, 3.8) is 0 Å². The third kappa shape index (κ3) is 3.53. The summed E-state index contributed by atoms with van der Waals surface area (Å²) in [5, 5.41) is 0. The molecule has 1 atom stereocenters.